The zero-order valence-corrected chi connectivity index (χ0v) is 12.0. The predicted octanol–water partition coefficient (Wildman–Crippen LogP) is 3.23. The Balaban J connectivity index is 2.51. The summed E-state index contributed by atoms with van der Waals surface area (Å²) in [6.45, 7) is 8.90. The molecule has 2 nitrogen and oxygen atoms in total. The molecule has 96 valence electrons. The number of anilines is 1. The third-order valence-electron chi connectivity index (χ3n) is 2.82. The Kier molecular flexibility index (Phi) is 6.45. The van der Waals surface area contributed by atoms with E-state index in [0.717, 1.165) is 18.8 Å². The van der Waals surface area contributed by atoms with Gasteiger partial charge in [-0.1, -0.05) is 19.1 Å². The maximum atomic E-state index is 5.70. The molecule has 0 unspecified atom stereocenters. The van der Waals surface area contributed by atoms with Crippen LogP contribution in [0.15, 0.2) is 24.3 Å². The Morgan fingerprint density at radius 3 is 2.41 bits per heavy atom. The van der Waals surface area contributed by atoms with Gasteiger partial charge in [0.2, 0.25) is 0 Å². The van der Waals surface area contributed by atoms with Crippen molar-refractivity contribution >= 4 is 17.4 Å². The van der Waals surface area contributed by atoms with Crippen LogP contribution in [0.25, 0.3) is 0 Å². The zero-order chi connectivity index (χ0) is 12.7. The van der Waals surface area contributed by atoms with E-state index in [-0.39, 0.29) is 0 Å². The van der Waals surface area contributed by atoms with Crippen molar-refractivity contribution < 1.29 is 0 Å². The molecule has 0 atom stereocenters. The molecule has 0 saturated carbocycles. The number of nitrogen functional groups attached to an aromatic ring is 1. The highest BCUT2D eigenvalue weighted by molar-refractivity contribution is 7.99. The molecular formula is C14H24N2S. The van der Waals surface area contributed by atoms with Crippen molar-refractivity contribution in [1.29, 1.82) is 0 Å². The lowest BCUT2D eigenvalue weighted by molar-refractivity contribution is 0.227. The molecular weight excluding hydrogens is 228 g/mol. The molecule has 0 bridgehead atoms. The fourth-order valence-corrected chi connectivity index (χ4v) is 2.36. The van der Waals surface area contributed by atoms with Gasteiger partial charge in [-0.05, 0) is 37.3 Å². The van der Waals surface area contributed by atoms with Crippen LogP contribution in [0.2, 0.25) is 0 Å². The number of nitrogens with two attached hydrogens (primary N) is 1. The minimum absolute atomic E-state index is 0.588. The van der Waals surface area contributed by atoms with Gasteiger partial charge in [-0.15, -0.1) is 0 Å². The van der Waals surface area contributed by atoms with Crippen LogP contribution in [0.3, 0.4) is 0 Å². The quantitative estimate of drug-likeness (QED) is 0.597. The Labute approximate surface area is 110 Å². The monoisotopic (exact) mass is 252 g/mol. The van der Waals surface area contributed by atoms with Crippen LogP contribution in [0.1, 0.15) is 26.3 Å². The predicted molar refractivity (Wildman–Crippen MR) is 79.4 cm³/mol. The third-order valence-corrected chi connectivity index (χ3v) is 3.70. The largest absolute Gasteiger partial charge is 0.399 e. The Hall–Kier alpha value is -0.670. The number of benzene rings is 1. The SMILES string of the molecule is CCSCCN(Cc1ccc(N)cc1)C(C)C. The summed E-state index contributed by atoms with van der Waals surface area (Å²) in [7, 11) is 0. The minimum Gasteiger partial charge on any atom is -0.399 e. The summed E-state index contributed by atoms with van der Waals surface area (Å²) in [6.07, 6.45) is 0. The van der Waals surface area contributed by atoms with E-state index in [1.54, 1.807) is 0 Å². The van der Waals surface area contributed by atoms with Crippen LogP contribution in [0, 0.1) is 0 Å². The van der Waals surface area contributed by atoms with Gasteiger partial charge in [-0.2, -0.15) is 11.8 Å². The van der Waals surface area contributed by atoms with Gasteiger partial charge in [-0.25, -0.2) is 0 Å². The molecule has 0 saturated heterocycles. The topological polar surface area (TPSA) is 29.3 Å². The lowest BCUT2D eigenvalue weighted by Gasteiger charge is -2.26. The van der Waals surface area contributed by atoms with E-state index in [1.807, 2.05) is 23.9 Å². The molecule has 1 aromatic rings. The maximum Gasteiger partial charge on any atom is 0.0314 e. The normalized spacial score (nSPS) is 11.4. The third kappa shape index (κ3) is 5.46. The van der Waals surface area contributed by atoms with Crippen molar-refractivity contribution in [2.75, 3.05) is 23.8 Å². The highest BCUT2D eigenvalue weighted by atomic mass is 32.2. The standard InChI is InChI=1S/C14H24N2S/c1-4-17-10-9-16(12(2)3)11-13-5-7-14(15)8-6-13/h5-8,12H,4,9-11,15H2,1-3H3. The van der Waals surface area contributed by atoms with E-state index in [1.165, 1.54) is 17.1 Å². The van der Waals surface area contributed by atoms with Crippen LogP contribution in [0.4, 0.5) is 5.69 Å². The van der Waals surface area contributed by atoms with Crippen molar-refractivity contribution in [3.63, 3.8) is 0 Å². The van der Waals surface area contributed by atoms with E-state index >= 15 is 0 Å². The molecule has 17 heavy (non-hydrogen) atoms. The van der Waals surface area contributed by atoms with Crippen molar-refractivity contribution in [1.82, 2.24) is 4.90 Å². The maximum absolute atomic E-state index is 5.70. The molecule has 0 aliphatic carbocycles. The van der Waals surface area contributed by atoms with Crippen molar-refractivity contribution in [2.45, 2.75) is 33.4 Å². The summed E-state index contributed by atoms with van der Waals surface area (Å²) in [4.78, 5) is 2.51. The van der Waals surface area contributed by atoms with Crippen LogP contribution < -0.4 is 5.73 Å². The molecule has 0 amide bonds. The number of rotatable bonds is 7. The van der Waals surface area contributed by atoms with Gasteiger partial charge in [0.15, 0.2) is 0 Å². The summed E-state index contributed by atoms with van der Waals surface area (Å²) in [5, 5.41) is 0. The van der Waals surface area contributed by atoms with Gasteiger partial charge in [0.1, 0.15) is 0 Å². The summed E-state index contributed by atoms with van der Waals surface area (Å²) in [5.74, 6) is 2.41. The molecule has 0 spiro atoms. The first-order chi connectivity index (χ1) is 8.13. The van der Waals surface area contributed by atoms with Crippen LogP contribution >= 0.6 is 11.8 Å². The molecule has 1 rings (SSSR count). The van der Waals surface area contributed by atoms with E-state index in [0.29, 0.717) is 6.04 Å². The van der Waals surface area contributed by atoms with E-state index in [9.17, 15) is 0 Å². The smallest absolute Gasteiger partial charge is 0.0314 e. The van der Waals surface area contributed by atoms with Gasteiger partial charge in [0.25, 0.3) is 0 Å². The van der Waals surface area contributed by atoms with Crippen molar-refractivity contribution in [3.8, 4) is 0 Å². The highest BCUT2D eigenvalue weighted by Crippen LogP contribution is 2.12. The lowest BCUT2D eigenvalue weighted by atomic mass is 10.2. The van der Waals surface area contributed by atoms with Gasteiger partial charge >= 0.3 is 0 Å². The molecule has 1 aromatic carbocycles. The first-order valence-electron chi connectivity index (χ1n) is 6.29. The van der Waals surface area contributed by atoms with Crippen molar-refractivity contribution in [2.24, 2.45) is 0 Å². The number of nitrogens with zero attached hydrogens (tertiary/aromatic N) is 1. The molecule has 3 heteroatoms. The molecule has 0 aliphatic heterocycles. The lowest BCUT2D eigenvalue weighted by Crippen LogP contribution is -2.32. The molecule has 2 N–H and O–H groups in total. The summed E-state index contributed by atoms with van der Waals surface area (Å²) in [5.41, 5.74) is 7.88. The van der Waals surface area contributed by atoms with Crippen LogP contribution in [-0.4, -0.2) is 29.0 Å². The van der Waals surface area contributed by atoms with Crippen LogP contribution in [-0.2, 0) is 6.54 Å². The number of thioether (sulfide) groups is 1. The minimum atomic E-state index is 0.588. The first-order valence-corrected chi connectivity index (χ1v) is 7.45. The van der Waals surface area contributed by atoms with Crippen LogP contribution in [0.5, 0.6) is 0 Å². The first kappa shape index (κ1) is 14.4. The second-order valence-corrected chi connectivity index (χ2v) is 5.90. The number of hydrogen-bond donors (Lipinski definition) is 1. The molecule has 0 aliphatic rings. The summed E-state index contributed by atoms with van der Waals surface area (Å²) in [6, 6.07) is 8.79. The zero-order valence-electron chi connectivity index (χ0n) is 11.1. The molecule has 0 aromatic heterocycles. The Morgan fingerprint density at radius 1 is 1.24 bits per heavy atom. The molecule has 0 radical (unpaired) electrons. The van der Waals surface area contributed by atoms with Gasteiger partial charge in [0.05, 0.1) is 0 Å². The summed E-state index contributed by atoms with van der Waals surface area (Å²) >= 11 is 2.01. The van der Waals surface area contributed by atoms with Gasteiger partial charge in [0, 0.05) is 30.6 Å². The molecule has 0 heterocycles. The second-order valence-electron chi connectivity index (χ2n) is 4.50. The van der Waals surface area contributed by atoms with E-state index in [2.05, 4.69) is 37.8 Å². The Bertz CT molecular complexity index is 309. The van der Waals surface area contributed by atoms with Gasteiger partial charge < -0.3 is 5.73 Å². The average Bonchev–Trinajstić information content (AvgIpc) is 2.30. The average molecular weight is 252 g/mol. The fourth-order valence-electron chi connectivity index (χ4n) is 1.70. The fraction of sp³-hybridized carbons (Fsp3) is 0.571. The summed E-state index contributed by atoms with van der Waals surface area (Å²) < 4.78 is 0. The van der Waals surface area contributed by atoms with E-state index in [4.69, 9.17) is 5.73 Å². The number of hydrogen-bond acceptors (Lipinski definition) is 3. The molecule has 0 fully saturated rings. The van der Waals surface area contributed by atoms with E-state index < -0.39 is 0 Å². The second kappa shape index (κ2) is 7.62. The Morgan fingerprint density at radius 2 is 1.88 bits per heavy atom. The highest BCUT2D eigenvalue weighted by Gasteiger charge is 2.09. The van der Waals surface area contributed by atoms with Gasteiger partial charge in [-0.3, -0.25) is 4.90 Å². The van der Waals surface area contributed by atoms with Crippen molar-refractivity contribution in [3.05, 3.63) is 29.8 Å².